The number of aliphatic hydroxyl groups excluding tert-OH is 2. The van der Waals surface area contributed by atoms with Crippen molar-refractivity contribution in [2.24, 2.45) is 46.8 Å². The Kier molecular flexibility index (Phi) is 47.1. The molecule has 0 spiro atoms. The summed E-state index contributed by atoms with van der Waals surface area (Å²) in [4.78, 5) is 274. The van der Waals surface area contributed by atoms with Crippen LogP contribution in [0.2, 0.25) is 0 Å². The zero-order valence-corrected chi connectivity index (χ0v) is 80.2. The lowest BCUT2D eigenvalue weighted by Crippen LogP contribution is -2.62. The summed E-state index contributed by atoms with van der Waals surface area (Å²) >= 11 is 4.38. The number of rotatable bonds is 57. The van der Waals surface area contributed by atoms with Crippen LogP contribution in [0.4, 0.5) is 0 Å². The van der Waals surface area contributed by atoms with E-state index in [1.54, 1.807) is 55.4 Å². The van der Waals surface area contributed by atoms with Crippen LogP contribution in [-0.4, -0.2) is 310 Å². The topological polar surface area (TPSA) is 763 Å². The van der Waals surface area contributed by atoms with Crippen LogP contribution < -0.4 is 97.0 Å². The smallest absolute Gasteiger partial charge is 0.326 e. The van der Waals surface area contributed by atoms with Gasteiger partial charge in [-0.25, -0.2) is 9.78 Å². The fourth-order valence-corrected chi connectivity index (χ4v) is 15.5. The van der Waals surface area contributed by atoms with Crippen molar-refractivity contribution in [2.75, 3.05) is 38.5 Å². The van der Waals surface area contributed by atoms with Gasteiger partial charge in [-0.15, -0.1) is 0 Å². The number of nitrogens with one attached hydrogen (secondary N) is 17. The Morgan fingerprint density at radius 2 is 0.942 bits per heavy atom. The van der Waals surface area contributed by atoms with Gasteiger partial charge in [0.15, 0.2) is 5.96 Å². The molecule has 18 atom stereocenters. The molecule has 48 nitrogen and oxygen atoms in total. The lowest BCUT2D eigenvalue weighted by molar-refractivity contribution is -0.152. The van der Waals surface area contributed by atoms with Crippen molar-refractivity contribution in [1.29, 1.82) is 5.41 Å². The molecule has 2 aliphatic heterocycles. The minimum Gasteiger partial charge on any atom is -0.508 e. The van der Waals surface area contributed by atoms with E-state index < -0.39 is 270 Å². The number of imidazole rings is 1. The van der Waals surface area contributed by atoms with Gasteiger partial charge in [0.1, 0.15) is 102 Å². The standard InChI is InChI=1S/C89H137N23O25S/c1-12-47(10)71(84(132)102-59(35-50-21-25-53(116)26-22-50)79(127)104-61(36-51-38-94-42-97-51)86(134)111-30-14-17-64(111)87(135)112-31-15-18-65(112)88(136)137)109-82(130)69(45(6)7)108-81(129)63(41-138)106-75(123)55(16-13-29-95-89(92)93)100-78(126)58(34-49-19-23-52(115)24-20-49)101-77(125)57(33-44(4)5)98-67(118)39-96-74(122)62(40-113)105-80(128)60(37-68(119)120)103-85(133)72(48(11)114)110-83(131)70(46(8)9)107-76(124)56(27-28-66(91)117)99-73(121)54(90)32-43(2)3/h19-26,38,42-48,54-65,69-72,113-116,138H,12-18,27-37,39-41,90H2,1-11H3,(H2,91,117)(H,94,97)(H,96,122)(H,98,118)(H,99,121)(H,100,126)(H,101,125)(H,102,132)(H,103,133)(H,104,127)(H,105,128)(H,106,123)(H,107,124)(H,108,129)(H,109,130)(H,110,131)(H,119,120)(H,136,137)(H4,92,93,95). The number of thiol groups is 1. The lowest BCUT2D eigenvalue weighted by Gasteiger charge is -2.33. The van der Waals surface area contributed by atoms with E-state index in [9.17, 15) is 122 Å². The van der Waals surface area contributed by atoms with E-state index in [1.165, 1.54) is 84.7 Å². The van der Waals surface area contributed by atoms with Crippen molar-refractivity contribution in [3.63, 3.8) is 0 Å². The molecule has 29 N–H and O–H groups in total. The Hall–Kier alpha value is -13.3. The molecular weight excluding hydrogens is 1820 g/mol. The SMILES string of the molecule is CCC(C)C(NC(=O)C(NC(=O)C(CS)NC(=O)C(CCCNC(=N)N)NC(=O)C(Cc1ccc(O)cc1)NC(=O)C(CC(C)C)NC(=O)CNC(=O)C(CO)NC(=O)C(CC(=O)O)NC(=O)C(NC(=O)C(NC(=O)C(CCC(N)=O)NC(=O)C(N)CC(C)C)C(C)C)C(C)O)C(C)C)C(=O)NC(Cc1ccc(O)cc1)C(=O)NC(Cc1cnc[nH]1)C(=O)N1CCCC1C(=O)N1CCCC1C(=O)O. The maximum absolute atomic E-state index is 14.9. The quantitative estimate of drug-likeness (QED) is 0.0108. The summed E-state index contributed by atoms with van der Waals surface area (Å²) < 4.78 is 0. The molecule has 5 rings (SSSR count). The van der Waals surface area contributed by atoms with Crippen molar-refractivity contribution in [3.8, 4) is 11.5 Å². The number of carbonyl (C=O) groups excluding carboxylic acids is 17. The monoisotopic (exact) mass is 1960 g/mol. The number of amides is 17. The third-order valence-corrected chi connectivity index (χ3v) is 23.4. The number of likely N-dealkylation sites (tertiary alicyclic amines) is 2. The summed E-state index contributed by atoms with van der Waals surface area (Å²) in [7, 11) is 0. The minimum absolute atomic E-state index is 0.000442. The number of aliphatic carboxylic acids is 2. The van der Waals surface area contributed by atoms with Crippen LogP contribution in [0.5, 0.6) is 11.5 Å². The third-order valence-electron chi connectivity index (χ3n) is 23.0. The van der Waals surface area contributed by atoms with Gasteiger partial charge in [0.05, 0.1) is 38.0 Å². The van der Waals surface area contributed by atoms with Crippen LogP contribution in [-0.2, 0) is 110 Å². The summed E-state index contributed by atoms with van der Waals surface area (Å²) in [5, 5.41) is 106. The van der Waals surface area contributed by atoms with Gasteiger partial charge >= 0.3 is 11.9 Å². The summed E-state index contributed by atoms with van der Waals surface area (Å²) in [5.41, 5.74) is 18.1. The number of guanidine groups is 1. The van der Waals surface area contributed by atoms with Gasteiger partial charge < -0.3 is 142 Å². The van der Waals surface area contributed by atoms with Crippen molar-refractivity contribution in [2.45, 2.75) is 275 Å². The fraction of sp³-hybridized carbons (Fsp3) is 0.607. The predicted molar refractivity (Wildman–Crippen MR) is 500 cm³/mol. The Labute approximate surface area is 803 Å². The number of phenolic OH excluding ortho intramolecular Hbond substituents is 2. The Morgan fingerprint density at radius 3 is 1.43 bits per heavy atom. The van der Waals surface area contributed by atoms with E-state index in [-0.39, 0.29) is 114 Å². The second-order valence-electron chi connectivity index (χ2n) is 35.9. The largest absolute Gasteiger partial charge is 0.508 e. The predicted octanol–water partition coefficient (Wildman–Crippen LogP) is -5.58. The number of hydrogen-bond acceptors (Lipinski definition) is 27. The molecule has 3 heterocycles. The number of primary amides is 1. The van der Waals surface area contributed by atoms with E-state index in [4.69, 9.17) is 22.6 Å². The van der Waals surface area contributed by atoms with Gasteiger partial charge in [-0.05, 0) is 130 Å². The highest BCUT2D eigenvalue weighted by molar-refractivity contribution is 7.80. The Morgan fingerprint density at radius 1 is 0.500 bits per heavy atom. The average molecular weight is 1960 g/mol. The molecule has 3 aromatic rings. The lowest BCUT2D eigenvalue weighted by atomic mass is 9.95. The van der Waals surface area contributed by atoms with Crippen LogP contribution >= 0.6 is 12.6 Å². The zero-order valence-electron chi connectivity index (χ0n) is 79.3. The van der Waals surface area contributed by atoms with E-state index >= 15 is 0 Å². The average Bonchev–Trinajstić information content (AvgIpc) is 1.65. The van der Waals surface area contributed by atoms with Crippen molar-refractivity contribution < 1.29 is 122 Å². The number of aromatic amines is 1. The first-order chi connectivity index (χ1) is 65.0. The molecule has 2 aromatic carbocycles. The van der Waals surface area contributed by atoms with Crippen LogP contribution in [0, 0.1) is 35.0 Å². The van der Waals surface area contributed by atoms with Gasteiger partial charge in [0.2, 0.25) is 100 Å². The molecule has 0 aliphatic carbocycles. The maximum Gasteiger partial charge on any atom is 0.326 e. The van der Waals surface area contributed by atoms with Gasteiger partial charge in [0, 0.05) is 63.0 Å². The van der Waals surface area contributed by atoms with Crippen molar-refractivity contribution in [1.82, 2.24) is 99.5 Å². The summed E-state index contributed by atoms with van der Waals surface area (Å²) in [5.74, 6) is -23.6. The Bertz CT molecular complexity index is 4700. The van der Waals surface area contributed by atoms with E-state index in [0.29, 0.717) is 29.7 Å². The number of aromatic nitrogens is 2. The summed E-state index contributed by atoms with van der Waals surface area (Å²) in [6.07, 6.45) is -0.398. The number of H-pyrrole nitrogens is 1. The van der Waals surface area contributed by atoms with Crippen molar-refractivity contribution in [3.05, 3.63) is 77.9 Å². The summed E-state index contributed by atoms with van der Waals surface area (Å²) in [6.45, 7) is 15.4. The minimum atomic E-state index is -2.12. The van der Waals surface area contributed by atoms with Crippen molar-refractivity contribution >= 4 is 131 Å². The number of carboxylic acid groups (broad SMARTS) is 2. The number of aliphatic hydroxyl groups is 2. The summed E-state index contributed by atoms with van der Waals surface area (Å²) in [6, 6.07) is -13.4. The first-order valence-electron chi connectivity index (χ1n) is 45.8. The van der Waals surface area contributed by atoms with Gasteiger partial charge in [0.25, 0.3) is 0 Å². The highest BCUT2D eigenvalue weighted by Gasteiger charge is 2.46. The second kappa shape index (κ2) is 56.4. The molecule has 49 heteroatoms. The van der Waals surface area contributed by atoms with E-state index in [0.717, 1.165) is 6.92 Å². The molecule has 2 saturated heterocycles. The van der Waals surface area contributed by atoms with Gasteiger partial charge in [-0.3, -0.25) is 91.7 Å². The number of benzene rings is 2. The molecule has 2 fully saturated rings. The maximum atomic E-state index is 14.9. The van der Waals surface area contributed by atoms with Gasteiger partial charge in [-0.1, -0.05) is 99.9 Å². The number of nitrogens with two attached hydrogens (primary N) is 3. The number of nitrogens with zero attached hydrogens (tertiary/aromatic N) is 3. The van der Waals surface area contributed by atoms with Crippen LogP contribution in [0.3, 0.4) is 0 Å². The van der Waals surface area contributed by atoms with E-state index in [1.807, 2.05) is 0 Å². The molecular formula is C89H137N23O25S. The number of phenols is 2. The first kappa shape index (κ1) is 115. The molecule has 1 aromatic heterocycles. The number of aromatic hydroxyl groups is 2. The first-order valence-corrected chi connectivity index (χ1v) is 46.4. The number of carbonyl (C=O) groups is 19. The highest BCUT2D eigenvalue weighted by Crippen LogP contribution is 2.27. The fourth-order valence-electron chi connectivity index (χ4n) is 15.2. The molecule has 0 saturated carbocycles. The zero-order chi connectivity index (χ0) is 103. The van der Waals surface area contributed by atoms with Crippen LogP contribution in [0.25, 0.3) is 0 Å². The van der Waals surface area contributed by atoms with Gasteiger partial charge in [-0.2, -0.15) is 12.6 Å². The molecule has 0 radical (unpaired) electrons. The Balaban J connectivity index is 1.32. The normalized spacial score (nSPS) is 17.0. The number of hydrogen-bond donors (Lipinski definition) is 27. The van der Waals surface area contributed by atoms with E-state index in [2.05, 4.69) is 102 Å². The number of carboxylic acids is 2. The third kappa shape index (κ3) is 37.3. The molecule has 0 bridgehead atoms. The molecule has 18 unspecified atom stereocenters. The molecule has 138 heavy (non-hydrogen) atoms. The molecule has 17 amide bonds. The van der Waals surface area contributed by atoms with Crippen LogP contribution in [0.15, 0.2) is 61.1 Å². The molecule has 2 aliphatic rings. The van der Waals surface area contributed by atoms with Crippen LogP contribution in [0.1, 0.15) is 170 Å². The highest BCUT2D eigenvalue weighted by atomic mass is 32.1. The molecule has 764 valence electrons. The second-order valence-corrected chi connectivity index (χ2v) is 36.3.